The van der Waals surface area contributed by atoms with Crippen molar-refractivity contribution in [3.05, 3.63) is 29.3 Å². The maximum atomic E-state index is 10.9. The first-order chi connectivity index (χ1) is 7.15. The van der Waals surface area contributed by atoms with Gasteiger partial charge in [-0.15, -0.1) is 0 Å². The predicted octanol–water partition coefficient (Wildman–Crippen LogP) is 2.06. The third-order valence-electron chi connectivity index (χ3n) is 2.10. The molecule has 0 saturated carbocycles. The van der Waals surface area contributed by atoms with Crippen molar-refractivity contribution in [2.24, 2.45) is 0 Å². The van der Waals surface area contributed by atoms with Crippen molar-refractivity contribution < 1.29 is 14.6 Å². The summed E-state index contributed by atoms with van der Waals surface area (Å²) in [6.45, 7) is 4.40. The highest BCUT2D eigenvalue weighted by molar-refractivity contribution is 5.79. The van der Waals surface area contributed by atoms with E-state index in [-0.39, 0.29) is 18.0 Å². The fourth-order valence-corrected chi connectivity index (χ4v) is 1.38. The number of benzene rings is 1. The maximum Gasteiger partial charge on any atom is 0.134 e. The number of para-hydroxylation sites is 1. The van der Waals surface area contributed by atoms with Gasteiger partial charge in [0.1, 0.15) is 11.5 Å². The molecule has 0 unspecified atom stereocenters. The van der Waals surface area contributed by atoms with E-state index in [4.69, 9.17) is 4.74 Å². The van der Waals surface area contributed by atoms with Crippen molar-refractivity contribution >= 4 is 5.78 Å². The third kappa shape index (κ3) is 3.36. The molecule has 0 heterocycles. The van der Waals surface area contributed by atoms with Crippen molar-refractivity contribution in [3.63, 3.8) is 0 Å². The van der Waals surface area contributed by atoms with Gasteiger partial charge in [0.15, 0.2) is 0 Å². The fraction of sp³-hybridized carbons (Fsp3) is 0.417. The number of phenols is 1. The summed E-state index contributed by atoms with van der Waals surface area (Å²) >= 11 is 0. The van der Waals surface area contributed by atoms with Gasteiger partial charge >= 0.3 is 0 Å². The minimum absolute atomic E-state index is 0.0406. The molecule has 0 aliphatic carbocycles. The monoisotopic (exact) mass is 208 g/mol. The lowest BCUT2D eigenvalue weighted by Gasteiger charge is -2.08. The van der Waals surface area contributed by atoms with Crippen molar-refractivity contribution in [3.8, 4) is 5.75 Å². The molecule has 0 aliphatic heterocycles. The molecule has 0 saturated heterocycles. The van der Waals surface area contributed by atoms with Gasteiger partial charge in [-0.2, -0.15) is 0 Å². The van der Waals surface area contributed by atoms with Crippen LogP contribution >= 0.6 is 0 Å². The summed E-state index contributed by atoms with van der Waals surface area (Å²) in [6.07, 6.45) is 0.270. The van der Waals surface area contributed by atoms with Crippen LogP contribution in [0.1, 0.15) is 25.0 Å². The molecule has 15 heavy (non-hydrogen) atoms. The molecular weight excluding hydrogens is 192 g/mol. The Labute approximate surface area is 89.7 Å². The summed E-state index contributed by atoms with van der Waals surface area (Å²) in [7, 11) is 0. The van der Waals surface area contributed by atoms with Gasteiger partial charge in [-0.1, -0.05) is 18.2 Å². The smallest absolute Gasteiger partial charge is 0.134 e. The van der Waals surface area contributed by atoms with Crippen LogP contribution in [0.3, 0.4) is 0 Å². The molecule has 0 atom stereocenters. The van der Waals surface area contributed by atoms with E-state index in [0.717, 1.165) is 5.56 Å². The highest BCUT2D eigenvalue weighted by atomic mass is 16.5. The fourth-order valence-electron chi connectivity index (χ4n) is 1.38. The molecule has 0 aromatic heterocycles. The van der Waals surface area contributed by atoms with Crippen molar-refractivity contribution in [1.82, 2.24) is 0 Å². The minimum atomic E-state index is 0.0406. The van der Waals surface area contributed by atoms with Crippen LogP contribution in [0.15, 0.2) is 18.2 Å². The average Bonchev–Trinajstić information content (AvgIpc) is 2.19. The molecule has 0 aliphatic rings. The minimum Gasteiger partial charge on any atom is -0.507 e. The van der Waals surface area contributed by atoms with E-state index in [2.05, 4.69) is 0 Å². The number of Topliss-reactive ketones (excluding diaryl/α,β-unsaturated/α-hetero) is 1. The highest BCUT2D eigenvalue weighted by Gasteiger charge is 2.08. The first-order valence-corrected chi connectivity index (χ1v) is 5.02. The predicted molar refractivity (Wildman–Crippen MR) is 57.8 cm³/mol. The van der Waals surface area contributed by atoms with Crippen LogP contribution in [0.4, 0.5) is 0 Å². The summed E-state index contributed by atoms with van der Waals surface area (Å²) in [6, 6.07) is 5.38. The van der Waals surface area contributed by atoms with Gasteiger partial charge in [0.25, 0.3) is 0 Å². The number of rotatable bonds is 5. The lowest BCUT2D eigenvalue weighted by molar-refractivity contribution is -0.116. The quantitative estimate of drug-likeness (QED) is 0.805. The Hall–Kier alpha value is -1.35. The molecule has 0 fully saturated rings. The molecule has 1 aromatic carbocycles. The molecule has 1 N–H and O–H groups in total. The zero-order valence-corrected chi connectivity index (χ0v) is 9.12. The van der Waals surface area contributed by atoms with Gasteiger partial charge in [0.05, 0.1) is 6.61 Å². The Morgan fingerprint density at radius 1 is 1.40 bits per heavy atom. The standard InChI is InChI=1S/C12H16O3/c1-3-15-8-11-6-4-5-10(12(11)14)7-9(2)13/h4-6,14H,3,7-8H2,1-2H3. The lowest BCUT2D eigenvalue weighted by atomic mass is 10.0. The highest BCUT2D eigenvalue weighted by Crippen LogP contribution is 2.23. The zero-order chi connectivity index (χ0) is 11.3. The topological polar surface area (TPSA) is 46.5 Å². The lowest BCUT2D eigenvalue weighted by Crippen LogP contribution is -1.99. The Morgan fingerprint density at radius 2 is 2.07 bits per heavy atom. The normalized spacial score (nSPS) is 10.3. The number of hydrogen-bond donors (Lipinski definition) is 1. The Morgan fingerprint density at radius 3 is 2.67 bits per heavy atom. The third-order valence-corrected chi connectivity index (χ3v) is 2.10. The van der Waals surface area contributed by atoms with Gasteiger partial charge in [0.2, 0.25) is 0 Å². The van der Waals surface area contributed by atoms with Gasteiger partial charge < -0.3 is 9.84 Å². The SMILES string of the molecule is CCOCc1cccc(CC(C)=O)c1O. The van der Waals surface area contributed by atoms with Gasteiger partial charge in [0, 0.05) is 24.2 Å². The molecule has 0 radical (unpaired) electrons. The van der Waals surface area contributed by atoms with Crippen LogP contribution in [-0.4, -0.2) is 17.5 Å². The molecule has 3 heteroatoms. The Kier molecular flexibility index (Phi) is 4.31. The zero-order valence-electron chi connectivity index (χ0n) is 9.12. The summed E-state index contributed by atoms with van der Waals surface area (Å²) in [5.74, 6) is 0.222. The van der Waals surface area contributed by atoms with Crippen molar-refractivity contribution in [2.75, 3.05) is 6.61 Å². The first-order valence-electron chi connectivity index (χ1n) is 5.02. The number of hydrogen-bond acceptors (Lipinski definition) is 3. The first kappa shape index (κ1) is 11.7. The van der Waals surface area contributed by atoms with Gasteiger partial charge in [-0.3, -0.25) is 4.79 Å². The second-order valence-corrected chi connectivity index (χ2v) is 3.44. The van der Waals surface area contributed by atoms with Crippen LogP contribution < -0.4 is 0 Å². The molecule has 0 bridgehead atoms. The molecule has 82 valence electrons. The van der Waals surface area contributed by atoms with Gasteiger partial charge in [-0.05, 0) is 13.8 Å². The van der Waals surface area contributed by atoms with Crippen LogP contribution in [0, 0.1) is 0 Å². The number of carbonyl (C=O) groups excluding carboxylic acids is 1. The van der Waals surface area contributed by atoms with E-state index in [1.54, 1.807) is 12.1 Å². The number of ether oxygens (including phenoxy) is 1. The van der Waals surface area contributed by atoms with E-state index < -0.39 is 0 Å². The summed E-state index contributed by atoms with van der Waals surface area (Å²) in [5.41, 5.74) is 1.40. The number of phenolic OH excluding ortho intramolecular Hbond substituents is 1. The van der Waals surface area contributed by atoms with Crippen molar-refractivity contribution in [2.45, 2.75) is 26.9 Å². The van der Waals surface area contributed by atoms with Crippen molar-refractivity contribution in [1.29, 1.82) is 0 Å². The molecule has 1 aromatic rings. The van der Waals surface area contributed by atoms with E-state index in [1.165, 1.54) is 6.92 Å². The summed E-state index contributed by atoms with van der Waals surface area (Å²) in [5, 5.41) is 9.83. The molecule has 0 amide bonds. The molecule has 0 spiro atoms. The largest absolute Gasteiger partial charge is 0.507 e. The number of ketones is 1. The molecular formula is C12H16O3. The van der Waals surface area contributed by atoms with Crippen LogP contribution in [0.25, 0.3) is 0 Å². The molecule has 3 nitrogen and oxygen atoms in total. The summed E-state index contributed by atoms with van der Waals surface area (Å²) in [4.78, 5) is 10.9. The van der Waals surface area contributed by atoms with E-state index in [1.807, 2.05) is 13.0 Å². The van der Waals surface area contributed by atoms with E-state index in [0.29, 0.717) is 18.8 Å². The second-order valence-electron chi connectivity index (χ2n) is 3.44. The maximum absolute atomic E-state index is 10.9. The van der Waals surface area contributed by atoms with Crippen LogP contribution in [0.5, 0.6) is 5.75 Å². The van der Waals surface area contributed by atoms with Crippen LogP contribution in [-0.2, 0) is 22.6 Å². The second kappa shape index (κ2) is 5.51. The summed E-state index contributed by atoms with van der Waals surface area (Å²) < 4.78 is 5.22. The van der Waals surface area contributed by atoms with Gasteiger partial charge in [-0.25, -0.2) is 0 Å². The number of aromatic hydroxyl groups is 1. The van der Waals surface area contributed by atoms with Crippen LogP contribution in [0.2, 0.25) is 0 Å². The average molecular weight is 208 g/mol. The Bertz CT molecular complexity index is 345. The van der Waals surface area contributed by atoms with E-state index >= 15 is 0 Å². The molecule has 1 rings (SSSR count). The van der Waals surface area contributed by atoms with E-state index in [9.17, 15) is 9.90 Å². The number of carbonyl (C=O) groups is 1. The Balaban J connectivity index is 2.85.